The Morgan fingerprint density at radius 2 is 1.42 bits per heavy atom. The largest absolute Gasteiger partial charge is 0.469 e. The summed E-state index contributed by atoms with van der Waals surface area (Å²) in [7, 11) is -2.32. The Hall–Kier alpha value is -0.216. The van der Waals surface area contributed by atoms with E-state index in [1.54, 1.807) is 0 Å². The number of halogens is 1. The van der Waals surface area contributed by atoms with Crippen LogP contribution in [0.5, 0.6) is 0 Å². The molecule has 33 heavy (non-hydrogen) atoms. The Kier molecular flexibility index (Phi) is 18.0. The average molecular weight is 611 g/mol. The third-order valence-electron chi connectivity index (χ3n) is 7.02. The van der Waals surface area contributed by atoms with Gasteiger partial charge in [0.1, 0.15) is 12.4 Å². The van der Waals surface area contributed by atoms with Gasteiger partial charge in [-0.3, -0.25) is 4.79 Å². The minimum atomic E-state index is -1.88. The molecule has 0 bridgehead atoms. The molecule has 0 saturated heterocycles. The molecule has 192 valence electrons. The lowest BCUT2D eigenvalue weighted by Gasteiger charge is -2.38. The average Bonchev–Trinajstić information content (AvgIpc) is 2.86. The van der Waals surface area contributed by atoms with Crippen molar-refractivity contribution in [2.24, 2.45) is 0 Å². The molecule has 3 atom stereocenters. The molecule has 0 N–H and O–H groups in total. The van der Waals surface area contributed by atoms with Crippen molar-refractivity contribution in [3.63, 3.8) is 0 Å². The van der Waals surface area contributed by atoms with Gasteiger partial charge in [-0.25, -0.2) is 0 Å². The smallest absolute Gasteiger partial charge is 0.305 e. The summed E-state index contributed by atoms with van der Waals surface area (Å²) < 4.78 is 18.3. The second kappa shape index (κ2) is 18.1. The Bertz CT molecular complexity index is 595. The molecule has 0 fully saturated rings. The van der Waals surface area contributed by atoms with Crippen LogP contribution in [0.15, 0.2) is 0 Å². The summed E-state index contributed by atoms with van der Waals surface area (Å²) in [6.45, 7) is 13.3. The Labute approximate surface area is 218 Å². The fourth-order valence-corrected chi connectivity index (χ4v) is 10.7. The van der Waals surface area contributed by atoms with Gasteiger partial charge in [0.05, 0.1) is 13.2 Å². The molecule has 0 spiro atoms. The van der Waals surface area contributed by atoms with Crippen LogP contribution in [0.2, 0.25) is 36.3 Å². The Morgan fingerprint density at radius 3 is 1.88 bits per heavy atom. The summed E-state index contributed by atoms with van der Waals surface area (Å²) in [5.74, 6) is 6.27. The molecule has 0 amide bonds. The highest BCUT2D eigenvalue weighted by molar-refractivity contribution is 14.1. The van der Waals surface area contributed by atoms with E-state index >= 15 is 0 Å². The summed E-state index contributed by atoms with van der Waals surface area (Å²) in [6.07, 6.45) is 3.63. The lowest BCUT2D eigenvalue weighted by atomic mass is 10.1. The predicted molar refractivity (Wildman–Crippen MR) is 151 cm³/mol. The number of carbonyl (C=O) groups excluding carboxylic acids is 2. The van der Waals surface area contributed by atoms with Crippen molar-refractivity contribution in [1.29, 1.82) is 0 Å². The highest BCUT2D eigenvalue weighted by atomic mass is 127. The first-order chi connectivity index (χ1) is 15.7. The molecule has 0 aromatic rings. The van der Waals surface area contributed by atoms with Crippen molar-refractivity contribution in [1.82, 2.24) is 0 Å². The Balaban J connectivity index is 5.43. The molecule has 0 unspecified atom stereocenters. The van der Waals surface area contributed by atoms with E-state index in [1.807, 2.05) is 0 Å². The summed E-state index contributed by atoms with van der Waals surface area (Å²) in [6, 6.07) is 6.30. The fourth-order valence-electron chi connectivity index (χ4n) is 4.08. The Morgan fingerprint density at radius 1 is 0.909 bits per heavy atom. The number of alkyl halides is 1. The normalized spacial score (nSPS) is 14.7. The molecule has 0 aromatic heterocycles. The van der Waals surface area contributed by atoms with E-state index in [1.165, 1.54) is 7.11 Å². The minimum Gasteiger partial charge on any atom is -0.469 e. The maximum Gasteiger partial charge on any atom is 0.305 e. The van der Waals surface area contributed by atoms with Crippen LogP contribution in [-0.2, 0) is 23.2 Å². The summed E-state index contributed by atoms with van der Waals surface area (Å²) in [5.41, 5.74) is 0. The molecule has 0 aromatic carbocycles. The number of unbranched alkanes of at least 4 members (excludes halogenated alkanes) is 1. The van der Waals surface area contributed by atoms with Crippen LogP contribution in [0.3, 0.4) is 0 Å². The van der Waals surface area contributed by atoms with Crippen molar-refractivity contribution in [3.05, 3.63) is 0 Å². The molecule has 0 aliphatic heterocycles. The molecule has 0 aliphatic carbocycles. The second-order valence-corrected chi connectivity index (χ2v) is 19.7. The van der Waals surface area contributed by atoms with Crippen molar-refractivity contribution in [2.45, 2.75) is 126 Å². The fraction of sp³-hybridized carbons (Fsp3) is 0.840. The van der Waals surface area contributed by atoms with Crippen molar-refractivity contribution < 1.29 is 23.2 Å². The number of ether oxygens (including phenoxy) is 1. The number of methoxy groups -OCH3 is 1. The number of carbonyl (C=O) groups is 2. The lowest BCUT2D eigenvalue weighted by molar-refractivity contribution is -0.140. The predicted octanol–water partition coefficient (Wildman–Crippen LogP) is 6.90. The van der Waals surface area contributed by atoms with Crippen LogP contribution < -0.4 is 0 Å². The van der Waals surface area contributed by atoms with Gasteiger partial charge in [0.15, 0.2) is 16.6 Å². The number of aldehydes is 1. The lowest BCUT2D eigenvalue weighted by Crippen LogP contribution is -2.46. The van der Waals surface area contributed by atoms with Gasteiger partial charge >= 0.3 is 5.97 Å². The molecular weight excluding hydrogens is 563 g/mol. The SMILES string of the molecule is CC[Si](CC)(CC)O[C@@H](C[C@H](C=O)O[Si](CC)(CC)CC)[C@H](I)CC#CCCCC(=O)OC. The zero-order valence-electron chi connectivity index (χ0n) is 22.0. The number of rotatable bonds is 18. The molecule has 5 nitrogen and oxygen atoms in total. The summed E-state index contributed by atoms with van der Waals surface area (Å²) in [5, 5.41) is 0. The van der Waals surface area contributed by atoms with E-state index in [0.29, 0.717) is 32.1 Å². The van der Waals surface area contributed by atoms with Crippen LogP contribution in [0.25, 0.3) is 0 Å². The quantitative estimate of drug-likeness (QED) is 0.0322. The third kappa shape index (κ3) is 11.8. The van der Waals surface area contributed by atoms with Crippen molar-refractivity contribution >= 4 is 51.5 Å². The first-order valence-electron chi connectivity index (χ1n) is 12.7. The number of esters is 1. The van der Waals surface area contributed by atoms with E-state index in [2.05, 4.69) is 80.7 Å². The molecule has 8 heteroatoms. The maximum absolute atomic E-state index is 12.1. The summed E-state index contributed by atoms with van der Waals surface area (Å²) >= 11 is 2.45. The number of hydrogen-bond acceptors (Lipinski definition) is 5. The second-order valence-electron chi connectivity index (χ2n) is 8.68. The van der Waals surface area contributed by atoms with Crippen molar-refractivity contribution in [2.75, 3.05) is 7.11 Å². The topological polar surface area (TPSA) is 61.8 Å². The molecular formula is C25H47IO5Si2. The summed E-state index contributed by atoms with van der Waals surface area (Å²) in [4.78, 5) is 23.3. The van der Waals surface area contributed by atoms with Crippen LogP contribution in [0, 0.1) is 11.8 Å². The first-order valence-corrected chi connectivity index (χ1v) is 19.0. The molecule has 0 heterocycles. The monoisotopic (exact) mass is 610 g/mol. The molecule has 0 rings (SSSR count). The highest BCUT2D eigenvalue weighted by Crippen LogP contribution is 2.31. The van der Waals surface area contributed by atoms with Gasteiger partial charge in [-0.1, -0.05) is 64.1 Å². The van der Waals surface area contributed by atoms with Gasteiger partial charge in [-0.2, -0.15) is 0 Å². The van der Waals surface area contributed by atoms with Gasteiger partial charge in [0.2, 0.25) is 0 Å². The van der Waals surface area contributed by atoms with Gasteiger partial charge in [0, 0.05) is 29.6 Å². The molecule has 0 aliphatic rings. The zero-order valence-corrected chi connectivity index (χ0v) is 26.2. The maximum atomic E-state index is 12.1. The van der Waals surface area contributed by atoms with E-state index in [0.717, 1.165) is 42.6 Å². The van der Waals surface area contributed by atoms with Crippen LogP contribution in [-0.4, -0.2) is 52.1 Å². The zero-order chi connectivity index (χ0) is 25.3. The third-order valence-corrected chi connectivity index (χ3v) is 17.6. The van der Waals surface area contributed by atoms with E-state index in [4.69, 9.17) is 8.85 Å². The van der Waals surface area contributed by atoms with Gasteiger partial charge < -0.3 is 18.4 Å². The van der Waals surface area contributed by atoms with Crippen LogP contribution in [0.4, 0.5) is 0 Å². The first kappa shape index (κ1) is 32.8. The van der Waals surface area contributed by atoms with E-state index in [9.17, 15) is 9.59 Å². The van der Waals surface area contributed by atoms with Crippen LogP contribution in [0.1, 0.15) is 73.6 Å². The van der Waals surface area contributed by atoms with Gasteiger partial charge in [-0.15, -0.1) is 11.8 Å². The standard InChI is InChI=1S/C25H47IO5Si2/c1-8-32(9-2,10-3)30-22(21-27)20-24(31-33(11-4,12-5)13-6)23(26)18-16-14-15-17-19-25(28)29-7/h21-24H,8-13,15,17-20H2,1-7H3/t22-,23-,24+/m1/s1. The number of hydrogen-bond donors (Lipinski definition) is 0. The molecule has 0 radical (unpaired) electrons. The van der Waals surface area contributed by atoms with Crippen LogP contribution >= 0.6 is 22.6 Å². The van der Waals surface area contributed by atoms with E-state index < -0.39 is 22.7 Å². The minimum absolute atomic E-state index is 0.0473. The molecule has 0 saturated carbocycles. The highest BCUT2D eigenvalue weighted by Gasteiger charge is 2.38. The van der Waals surface area contributed by atoms with Gasteiger partial charge in [-0.05, 0) is 42.7 Å². The van der Waals surface area contributed by atoms with Crippen molar-refractivity contribution in [3.8, 4) is 11.8 Å². The van der Waals surface area contributed by atoms with Gasteiger partial charge in [0.25, 0.3) is 0 Å². The van der Waals surface area contributed by atoms with E-state index in [-0.39, 0.29) is 16.0 Å².